The highest BCUT2D eigenvalue weighted by Crippen LogP contribution is 2.36. The lowest BCUT2D eigenvalue weighted by molar-refractivity contribution is -0.137. The quantitative estimate of drug-likeness (QED) is 0.615. The fourth-order valence-corrected chi connectivity index (χ4v) is 1.97. The Balaban J connectivity index is 0.00000106. The number of thioether (sulfide) groups is 1. The van der Waals surface area contributed by atoms with E-state index in [4.69, 9.17) is 11.6 Å². The van der Waals surface area contributed by atoms with Crippen LogP contribution in [0.1, 0.15) is 25.0 Å². The first-order valence-corrected chi connectivity index (χ1v) is 6.38. The molecular formula is C11H14ClF3S. The predicted molar refractivity (Wildman–Crippen MR) is 64.3 cm³/mol. The molecule has 0 saturated heterocycles. The summed E-state index contributed by atoms with van der Waals surface area (Å²) in [6.45, 7) is 5.70. The highest BCUT2D eigenvalue weighted by Gasteiger charge is 2.31. The summed E-state index contributed by atoms with van der Waals surface area (Å²) in [5, 5.41) is 0.157. The van der Waals surface area contributed by atoms with Crippen molar-refractivity contribution in [1.29, 1.82) is 0 Å². The summed E-state index contributed by atoms with van der Waals surface area (Å²) in [7, 11) is 0. The highest BCUT2D eigenvalue weighted by atomic mass is 35.5. The van der Waals surface area contributed by atoms with Gasteiger partial charge in [0.15, 0.2) is 0 Å². The summed E-state index contributed by atoms with van der Waals surface area (Å²) in [5.74, 6) is 0. The van der Waals surface area contributed by atoms with Crippen molar-refractivity contribution >= 4 is 23.4 Å². The lowest BCUT2D eigenvalue weighted by Crippen LogP contribution is -2.05. The third-order valence-corrected chi connectivity index (χ3v) is 3.10. The molecule has 0 amide bonds. The Bertz CT molecular complexity index is 348. The van der Waals surface area contributed by atoms with Crippen LogP contribution in [0.5, 0.6) is 0 Å². The molecule has 0 aliphatic carbocycles. The van der Waals surface area contributed by atoms with Crippen molar-refractivity contribution in [2.45, 2.75) is 31.8 Å². The van der Waals surface area contributed by atoms with E-state index in [1.165, 1.54) is 11.8 Å². The van der Waals surface area contributed by atoms with Crippen molar-refractivity contribution in [2.24, 2.45) is 0 Å². The monoisotopic (exact) mass is 270 g/mol. The van der Waals surface area contributed by atoms with Crippen LogP contribution in [0.3, 0.4) is 0 Å². The van der Waals surface area contributed by atoms with Gasteiger partial charge in [-0.25, -0.2) is 0 Å². The molecule has 0 aliphatic rings. The molecule has 0 nitrogen and oxygen atoms in total. The number of halogens is 4. The maximum Gasteiger partial charge on any atom is 0.416 e. The van der Waals surface area contributed by atoms with Crippen LogP contribution in [-0.4, -0.2) is 6.26 Å². The van der Waals surface area contributed by atoms with Crippen LogP contribution in [0.15, 0.2) is 17.0 Å². The van der Waals surface area contributed by atoms with E-state index >= 15 is 0 Å². The van der Waals surface area contributed by atoms with Gasteiger partial charge in [0.05, 0.1) is 5.56 Å². The molecule has 16 heavy (non-hydrogen) atoms. The topological polar surface area (TPSA) is 0 Å². The second-order valence-corrected chi connectivity index (χ2v) is 4.04. The third kappa shape index (κ3) is 3.91. The first-order valence-electron chi connectivity index (χ1n) is 4.77. The number of rotatable bonds is 1. The normalized spacial score (nSPS) is 10.8. The molecule has 5 heteroatoms. The second-order valence-electron chi connectivity index (χ2n) is 2.78. The van der Waals surface area contributed by atoms with Crippen molar-refractivity contribution in [1.82, 2.24) is 0 Å². The lowest BCUT2D eigenvalue weighted by atomic mass is 10.1. The van der Waals surface area contributed by atoms with E-state index in [0.717, 1.165) is 12.1 Å². The first kappa shape index (κ1) is 15.7. The molecule has 0 heterocycles. The standard InChI is InChI=1S/C9H8ClF3S.C2H6/c1-5-7(10)3-6(9(11,12)13)4-8(5)14-2;1-2/h3-4H,1-2H3;1-2H3. The van der Waals surface area contributed by atoms with E-state index < -0.39 is 11.7 Å². The van der Waals surface area contributed by atoms with Gasteiger partial charge in [0, 0.05) is 9.92 Å². The van der Waals surface area contributed by atoms with Crippen molar-refractivity contribution in [3.63, 3.8) is 0 Å². The minimum atomic E-state index is -4.33. The number of benzene rings is 1. The summed E-state index contributed by atoms with van der Waals surface area (Å²) >= 11 is 6.95. The smallest absolute Gasteiger partial charge is 0.166 e. The van der Waals surface area contributed by atoms with Gasteiger partial charge in [0.2, 0.25) is 0 Å². The van der Waals surface area contributed by atoms with Crippen molar-refractivity contribution in [2.75, 3.05) is 6.26 Å². The highest BCUT2D eigenvalue weighted by molar-refractivity contribution is 7.98. The number of hydrogen-bond acceptors (Lipinski definition) is 1. The Labute approximate surface area is 103 Å². The lowest BCUT2D eigenvalue weighted by Gasteiger charge is -2.11. The van der Waals surface area contributed by atoms with Gasteiger partial charge in [0.25, 0.3) is 0 Å². The third-order valence-electron chi connectivity index (χ3n) is 1.84. The maximum atomic E-state index is 12.3. The molecule has 0 N–H and O–H groups in total. The van der Waals surface area contributed by atoms with Gasteiger partial charge in [-0.1, -0.05) is 25.4 Å². The summed E-state index contributed by atoms with van der Waals surface area (Å²) < 4.78 is 37.0. The minimum Gasteiger partial charge on any atom is -0.166 e. The van der Waals surface area contributed by atoms with Crippen LogP contribution >= 0.6 is 23.4 Å². The van der Waals surface area contributed by atoms with Gasteiger partial charge in [-0.2, -0.15) is 13.2 Å². The van der Waals surface area contributed by atoms with Crippen LogP contribution < -0.4 is 0 Å². The molecule has 0 fully saturated rings. The van der Waals surface area contributed by atoms with Gasteiger partial charge in [0.1, 0.15) is 0 Å². The van der Waals surface area contributed by atoms with Gasteiger partial charge in [-0.3, -0.25) is 0 Å². The van der Waals surface area contributed by atoms with Crippen molar-refractivity contribution < 1.29 is 13.2 Å². The average molecular weight is 271 g/mol. The Kier molecular flexibility index (Phi) is 6.26. The summed E-state index contributed by atoms with van der Waals surface area (Å²) in [5.41, 5.74) is -0.00961. The van der Waals surface area contributed by atoms with Gasteiger partial charge in [-0.15, -0.1) is 11.8 Å². The summed E-state index contributed by atoms with van der Waals surface area (Å²) in [4.78, 5) is 0.560. The van der Waals surface area contributed by atoms with Gasteiger partial charge < -0.3 is 0 Å². The SMILES string of the molecule is CC.CSc1cc(C(F)(F)F)cc(Cl)c1C. The van der Waals surface area contributed by atoms with E-state index in [9.17, 15) is 13.2 Å². The van der Waals surface area contributed by atoms with Crippen LogP contribution in [-0.2, 0) is 6.18 Å². The average Bonchev–Trinajstić information content (AvgIpc) is 2.23. The Morgan fingerprint density at radius 3 is 2.06 bits per heavy atom. The van der Waals surface area contributed by atoms with E-state index in [2.05, 4.69) is 0 Å². The van der Waals surface area contributed by atoms with Crippen molar-refractivity contribution in [3.8, 4) is 0 Å². The van der Waals surface area contributed by atoms with Gasteiger partial charge in [-0.05, 0) is 30.9 Å². The zero-order chi connectivity index (χ0) is 12.9. The van der Waals surface area contributed by atoms with Crippen LogP contribution in [0.25, 0.3) is 0 Å². The number of hydrogen-bond donors (Lipinski definition) is 0. The molecule has 0 radical (unpaired) electrons. The molecule has 0 atom stereocenters. The molecule has 0 aliphatic heterocycles. The molecule has 1 aromatic carbocycles. The van der Waals surface area contributed by atoms with Crippen molar-refractivity contribution in [3.05, 3.63) is 28.3 Å². The predicted octanol–water partition coefficient (Wildman–Crippen LogP) is 5.42. The summed E-state index contributed by atoms with van der Waals surface area (Å²) in [6, 6.07) is 2.07. The van der Waals surface area contributed by atoms with Crippen LogP contribution in [0.2, 0.25) is 5.02 Å². The molecule has 92 valence electrons. The molecule has 0 aromatic heterocycles. The van der Waals surface area contributed by atoms with E-state index in [1.54, 1.807) is 13.2 Å². The Hall–Kier alpha value is -0.350. The van der Waals surface area contributed by atoms with E-state index in [-0.39, 0.29) is 5.02 Å². The van der Waals surface area contributed by atoms with Gasteiger partial charge >= 0.3 is 6.18 Å². The van der Waals surface area contributed by atoms with E-state index in [0.29, 0.717) is 10.5 Å². The Morgan fingerprint density at radius 1 is 1.19 bits per heavy atom. The number of alkyl halides is 3. The first-order chi connectivity index (χ1) is 7.36. The van der Waals surface area contributed by atoms with E-state index in [1.807, 2.05) is 13.8 Å². The van der Waals surface area contributed by atoms with Crippen LogP contribution in [0, 0.1) is 6.92 Å². The van der Waals surface area contributed by atoms with Crippen LogP contribution in [0.4, 0.5) is 13.2 Å². The molecule has 0 bridgehead atoms. The summed E-state index contributed by atoms with van der Waals surface area (Å²) in [6.07, 6.45) is -2.61. The fraction of sp³-hybridized carbons (Fsp3) is 0.455. The molecule has 1 rings (SSSR count). The molecule has 0 unspecified atom stereocenters. The Morgan fingerprint density at radius 2 is 1.69 bits per heavy atom. The maximum absolute atomic E-state index is 12.3. The zero-order valence-electron chi connectivity index (χ0n) is 9.57. The second kappa shape index (κ2) is 6.40. The minimum absolute atomic E-state index is 0.157. The molecule has 0 spiro atoms. The largest absolute Gasteiger partial charge is 0.416 e. The molecule has 0 saturated carbocycles. The zero-order valence-corrected chi connectivity index (χ0v) is 11.1. The molecular weight excluding hydrogens is 257 g/mol. The fourth-order valence-electron chi connectivity index (χ4n) is 1.03. The molecule has 1 aromatic rings.